The summed E-state index contributed by atoms with van der Waals surface area (Å²) in [7, 11) is 0. The van der Waals surface area contributed by atoms with Gasteiger partial charge in [0.25, 0.3) is 27.2 Å². The van der Waals surface area contributed by atoms with E-state index in [2.05, 4.69) is 27.2 Å². The van der Waals surface area contributed by atoms with E-state index in [-0.39, 0.29) is 21.1 Å². The zero-order valence-electron chi connectivity index (χ0n) is 3.95. The predicted octanol–water partition coefficient (Wildman–Crippen LogP) is -1.59. The predicted molar refractivity (Wildman–Crippen MR) is 22.8 cm³/mol. The second kappa shape index (κ2) is 749. The summed E-state index contributed by atoms with van der Waals surface area (Å²) >= 11 is 0. The van der Waals surface area contributed by atoms with Gasteiger partial charge in [0.15, 0.2) is 0 Å². The van der Waals surface area contributed by atoms with Gasteiger partial charge in [-0.15, -0.1) is 0 Å². The topological polar surface area (TPSA) is 68.3 Å². The second-order valence-corrected chi connectivity index (χ2v) is 0. The molecule has 0 aliphatic carbocycles. The van der Waals surface area contributed by atoms with E-state index < -0.39 is 0 Å². The van der Waals surface area contributed by atoms with Crippen LogP contribution in [0.3, 0.4) is 0 Å². The molecule has 0 amide bonds. The van der Waals surface area contributed by atoms with Gasteiger partial charge in [-0.25, -0.2) is 0 Å². The first-order chi connectivity index (χ1) is 4.00. The fourth-order valence-corrected chi connectivity index (χ4v) is 0. The maximum absolute atomic E-state index is 7.50. The summed E-state index contributed by atoms with van der Waals surface area (Å²) in [5.41, 5.74) is 0. The Morgan fingerprint density at radius 3 is 0.444 bits per heavy atom. The van der Waals surface area contributed by atoms with Gasteiger partial charge in [-0.2, -0.15) is 0 Å². The molecule has 0 heterocycles. The molecule has 0 N–H and O–H groups in total. The van der Waals surface area contributed by atoms with Crippen molar-refractivity contribution >= 4 is 27.2 Å². The average molecular weight is 307 g/mol. The zero-order valence-corrected chi connectivity index (χ0v) is 6.22. The van der Waals surface area contributed by atoms with Gasteiger partial charge in [0.1, 0.15) is 0 Å². The minimum Gasteiger partial charge on any atom is -0.281 e. The van der Waals surface area contributed by atoms with Crippen LogP contribution in [0, 0.1) is 0 Å². The van der Waals surface area contributed by atoms with Gasteiger partial charge in [-0.05, 0) is 0 Å². The van der Waals surface area contributed by atoms with Gasteiger partial charge >= 0.3 is 0 Å². The minimum atomic E-state index is 0. The summed E-state index contributed by atoms with van der Waals surface area (Å²) in [6.45, 7) is 18.0. The Morgan fingerprint density at radius 1 is 0.444 bits per heavy atom. The van der Waals surface area contributed by atoms with Crippen LogP contribution < -0.4 is 0 Å². The van der Waals surface area contributed by atoms with E-state index >= 15 is 0 Å². The molecule has 0 saturated carbocycles. The molecule has 0 atom stereocenters. The molecule has 4 nitrogen and oxygen atoms in total. The van der Waals surface area contributed by atoms with E-state index in [1.807, 2.05) is 0 Å². The van der Waals surface area contributed by atoms with Crippen molar-refractivity contribution < 1.29 is 40.2 Å². The first kappa shape index (κ1) is 40.0. The van der Waals surface area contributed by atoms with Crippen LogP contribution in [0.2, 0.25) is 0 Å². The molecular formula is C4O4Pt. The van der Waals surface area contributed by atoms with Crippen LogP contribution in [-0.4, -0.2) is 27.2 Å². The van der Waals surface area contributed by atoms with Crippen molar-refractivity contribution in [1.82, 2.24) is 0 Å². The Bertz CT molecular complexity index is 20.5. The van der Waals surface area contributed by atoms with Crippen LogP contribution in [-0.2, 0) is 40.2 Å². The molecule has 0 aromatic heterocycles. The number of carbonyl (C=O) groups excluding carboxylic acids is 4. The molecule has 0 fully saturated rings. The average Bonchev–Trinajstić information content (AvgIpc) is 2.03. The van der Waals surface area contributed by atoms with Crippen LogP contribution in [0.1, 0.15) is 0 Å². The summed E-state index contributed by atoms with van der Waals surface area (Å²) in [6, 6.07) is 0. The third kappa shape index (κ3) is 532. The molecule has 0 unspecified atom stereocenters. The molecule has 0 spiro atoms. The van der Waals surface area contributed by atoms with Gasteiger partial charge < -0.3 is 0 Å². The summed E-state index contributed by atoms with van der Waals surface area (Å²) < 4.78 is 0. The van der Waals surface area contributed by atoms with Gasteiger partial charge in [-0.1, -0.05) is 0 Å². The summed E-state index contributed by atoms with van der Waals surface area (Å²) in [5.74, 6) is 0. The molecule has 0 aliphatic rings. The Labute approximate surface area is 67.9 Å². The molecule has 0 aromatic rings. The van der Waals surface area contributed by atoms with Gasteiger partial charge in [0.05, 0.1) is 0 Å². The molecular weight excluding hydrogens is 307 g/mol. The molecule has 5 heteroatoms. The van der Waals surface area contributed by atoms with Crippen LogP contribution in [0.25, 0.3) is 0 Å². The molecule has 0 rings (SSSR count). The van der Waals surface area contributed by atoms with E-state index in [1.54, 1.807) is 0 Å². The molecule has 8 radical (unpaired) electrons. The minimum absolute atomic E-state index is 0. The van der Waals surface area contributed by atoms with Crippen molar-refractivity contribution in [2.45, 2.75) is 0 Å². The number of hydrogen-bond acceptors (Lipinski definition) is 4. The molecule has 0 aromatic carbocycles. The third-order valence-electron chi connectivity index (χ3n) is 0. The van der Waals surface area contributed by atoms with Crippen molar-refractivity contribution in [2.75, 3.05) is 0 Å². The van der Waals surface area contributed by atoms with Crippen molar-refractivity contribution in [3.05, 3.63) is 0 Å². The normalized spacial score (nSPS) is 1.78. The fraction of sp³-hybridized carbons (Fsp3) is 0. The fourth-order valence-electron chi connectivity index (χ4n) is 0. The van der Waals surface area contributed by atoms with Crippen LogP contribution >= 0.6 is 0 Å². The van der Waals surface area contributed by atoms with E-state index in [9.17, 15) is 0 Å². The Morgan fingerprint density at radius 2 is 0.444 bits per heavy atom. The van der Waals surface area contributed by atoms with E-state index in [4.69, 9.17) is 19.2 Å². The number of hydrogen-bond donors (Lipinski definition) is 0. The largest absolute Gasteiger partial charge is 0.281 e. The Kier molecular flexibility index (Phi) is 3330. The van der Waals surface area contributed by atoms with E-state index in [0.29, 0.717) is 0 Å². The van der Waals surface area contributed by atoms with Crippen molar-refractivity contribution in [2.24, 2.45) is 0 Å². The summed E-state index contributed by atoms with van der Waals surface area (Å²) in [6.07, 6.45) is 0. The number of rotatable bonds is 0. The van der Waals surface area contributed by atoms with Crippen LogP contribution in [0.4, 0.5) is 0 Å². The summed E-state index contributed by atoms with van der Waals surface area (Å²) in [4.78, 5) is 30.0. The monoisotopic (exact) mass is 307 g/mol. The maximum Gasteiger partial charge on any atom is 0.281 e. The first-order valence-corrected chi connectivity index (χ1v) is 0.816. The Hall–Kier alpha value is -0.632. The van der Waals surface area contributed by atoms with Crippen molar-refractivity contribution in [1.29, 1.82) is 0 Å². The molecule has 9 heavy (non-hydrogen) atoms. The first-order valence-electron chi connectivity index (χ1n) is 0.816. The van der Waals surface area contributed by atoms with E-state index in [0.717, 1.165) is 0 Å². The Balaban J connectivity index is -0.00000000762. The zero-order chi connectivity index (χ0) is 8.00. The van der Waals surface area contributed by atoms with Crippen molar-refractivity contribution in [3.8, 4) is 0 Å². The summed E-state index contributed by atoms with van der Waals surface area (Å²) in [5, 5.41) is 0. The van der Waals surface area contributed by atoms with E-state index in [1.165, 1.54) is 0 Å². The smallest absolute Gasteiger partial charge is 0.281 e. The SMILES string of the molecule is [C]=O.[C]=O.[C]=O.[C]=O.[Pt]. The van der Waals surface area contributed by atoms with Crippen LogP contribution in [0.15, 0.2) is 0 Å². The standard InChI is InChI=1S/4CO.Pt/c4*1-2;. The molecule has 0 aliphatic heterocycles. The third-order valence-corrected chi connectivity index (χ3v) is 0. The second-order valence-electron chi connectivity index (χ2n) is 0. The van der Waals surface area contributed by atoms with Crippen molar-refractivity contribution in [3.63, 3.8) is 0 Å². The van der Waals surface area contributed by atoms with Gasteiger partial charge in [0.2, 0.25) is 0 Å². The molecule has 0 bridgehead atoms. The quantitative estimate of drug-likeness (QED) is 0.541. The van der Waals surface area contributed by atoms with Crippen LogP contribution in [0.5, 0.6) is 0 Å². The molecule has 0 saturated heterocycles. The van der Waals surface area contributed by atoms with Gasteiger partial charge in [0, 0.05) is 21.1 Å². The maximum atomic E-state index is 7.50. The molecule has 50 valence electrons. The van der Waals surface area contributed by atoms with Gasteiger partial charge in [-0.3, -0.25) is 19.2 Å².